The van der Waals surface area contributed by atoms with Crippen molar-refractivity contribution in [2.75, 3.05) is 19.6 Å². The number of carbonyl (C=O) groups is 1. The molecular formula is C20H24N2O3S2. The zero-order valence-electron chi connectivity index (χ0n) is 15.3. The molecule has 0 aliphatic carbocycles. The van der Waals surface area contributed by atoms with E-state index in [0.29, 0.717) is 37.4 Å². The highest BCUT2D eigenvalue weighted by molar-refractivity contribution is 7.89. The monoisotopic (exact) mass is 404 g/mol. The number of benzene rings is 1. The Labute approximate surface area is 164 Å². The van der Waals surface area contributed by atoms with Crippen molar-refractivity contribution in [1.29, 1.82) is 0 Å². The average Bonchev–Trinajstić information content (AvgIpc) is 3.37. The molecule has 0 N–H and O–H groups in total. The van der Waals surface area contributed by atoms with Crippen molar-refractivity contribution in [2.24, 2.45) is 0 Å². The summed E-state index contributed by atoms with van der Waals surface area (Å²) in [4.78, 5) is 16.2. The zero-order chi connectivity index (χ0) is 18.9. The van der Waals surface area contributed by atoms with Crippen molar-refractivity contribution in [3.05, 3.63) is 51.7 Å². The summed E-state index contributed by atoms with van der Waals surface area (Å²) in [6, 6.07) is 9.13. The van der Waals surface area contributed by atoms with Gasteiger partial charge in [-0.15, -0.1) is 11.3 Å². The molecule has 1 aromatic carbocycles. The Bertz CT molecular complexity index is 913. The largest absolute Gasteiger partial charge is 0.338 e. The van der Waals surface area contributed by atoms with E-state index in [1.54, 1.807) is 27.8 Å². The van der Waals surface area contributed by atoms with Gasteiger partial charge in [0, 0.05) is 37.5 Å². The van der Waals surface area contributed by atoms with Gasteiger partial charge in [-0.3, -0.25) is 4.79 Å². The molecule has 0 unspecified atom stereocenters. The third-order valence-corrected chi connectivity index (χ3v) is 8.35. The summed E-state index contributed by atoms with van der Waals surface area (Å²) in [5.41, 5.74) is 2.27. The van der Waals surface area contributed by atoms with Crippen LogP contribution in [0.1, 0.15) is 35.3 Å². The van der Waals surface area contributed by atoms with Crippen LogP contribution in [-0.2, 0) is 34.2 Å². The van der Waals surface area contributed by atoms with Crippen LogP contribution >= 0.6 is 11.3 Å². The average molecular weight is 405 g/mol. The lowest BCUT2D eigenvalue weighted by molar-refractivity contribution is -0.132. The lowest BCUT2D eigenvalue weighted by Gasteiger charge is -2.27. The SMILES string of the molecule is O=C(CCc1ccc(S(=O)(=O)N2CCCC2)cc1)N1CCc2sccc2C1. The van der Waals surface area contributed by atoms with Crippen LogP contribution in [0, 0.1) is 0 Å². The first-order chi connectivity index (χ1) is 13.0. The minimum absolute atomic E-state index is 0.167. The van der Waals surface area contributed by atoms with E-state index in [-0.39, 0.29) is 5.91 Å². The molecule has 7 heteroatoms. The molecule has 0 saturated carbocycles. The molecule has 5 nitrogen and oxygen atoms in total. The summed E-state index contributed by atoms with van der Waals surface area (Å²) < 4.78 is 26.7. The van der Waals surface area contributed by atoms with Gasteiger partial charge in [0.15, 0.2) is 0 Å². The Kier molecular flexibility index (Phi) is 5.34. The van der Waals surface area contributed by atoms with Gasteiger partial charge in [-0.05, 0) is 60.4 Å². The molecule has 1 saturated heterocycles. The Hall–Kier alpha value is -1.70. The molecule has 0 radical (unpaired) electrons. The highest BCUT2D eigenvalue weighted by Gasteiger charge is 2.27. The summed E-state index contributed by atoms with van der Waals surface area (Å²) in [5, 5.41) is 2.09. The second-order valence-electron chi connectivity index (χ2n) is 7.19. The van der Waals surface area contributed by atoms with E-state index in [0.717, 1.165) is 31.4 Å². The molecule has 27 heavy (non-hydrogen) atoms. The maximum atomic E-state index is 12.6. The van der Waals surface area contributed by atoms with Gasteiger partial charge in [-0.2, -0.15) is 4.31 Å². The van der Waals surface area contributed by atoms with Crippen molar-refractivity contribution >= 4 is 27.3 Å². The maximum Gasteiger partial charge on any atom is 0.243 e. The molecule has 3 heterocycles. The molecule has 0 atom stereocenters. The number of amides is 1. The third-order valence-electron chi connectivity index (χ3n) is 5.41. The number of thiophene rings is 1. The predicted molar refractivity (Wildman–Crippen MR) is 106 cm³/mol. The first-order valence-electron chi connectivity index (χ1n) is 9.46. The fourth-order valence-corrected chi connectivity index (χ4v) is 6.18. The van der Waals surface area contributed by atoms with Gasteiger partial charge in [0.25, 0.3) is 0 Å². The fraction of sp³-hybridized carbons (Fsp3) is 0.450. The van der Waals surface area contributed by atoms with E-state index >= 15 is 0 Å². The second-order valence-corrected chi connectivity index (χ2v) is 10.1. The van der Waals surface area contributed by atoms with E-state index in [1.807, 2.05) is 17.0 Å². The number of sulfonamides is 1. The van der Waals surface area contributed by atoms with Crippen molar-refractivity contribution in [2.45, 2.75) is 43.5 Å². The van der Waals surface area contributed by atoms with Crippen molar-refractivity contribution in [1.82, 2.24) is 9.21 Å². The van der Waals surface area contributed by atoms with Crippen molar-refractivity contribution in [3.8, 4) is 0 Å². The lowest BCUT2D eigenvalue weighted by atomic mass is 10.1. The first-order valence-corrected chi connectivity index (χ1v) is 11.8. The van der Waals surface area contributed by atoms with E-state index in [2.05, 4.69) is 11.4 Å². The van der Waals surface area contributed by atoms with Crippen LogP contribution in [0.25, 0.3) is 0 Å². The maximum absolute atomic E-state index is 12.6. The molecule has 0 spiro atoms. The molecule has 1 amide bonds. The van der Waals surface area contributed by atoms with Crippen molar-refractivity contribution in [3.63, 3.8) is 0 Å². The van der Waals surface area contributed by atoms with Gasteiger partial charge in [0.2, 0.25) is 15.9 Å². The number of rotatable bonds is 5. The smallest absolute Gasteiger partial charge is 0.243 e. The molecule has 144 valence electrons. The number of carbonyl (C=O) groups excluding carboxylic acids is 1. The topological polar surface area (TPSA) is 57.7 Å². The Morgan fingerprint density at radius 3 is 2.52 bits per heavy atom. The van der Waals surface area contributed by atoms with Gasteiger partial charge in [-0.25, -0.2) is 8.42 Å². The van der Waals surface area contributed by atoms with Crippen molar-refractivity contribution < 1.29 is 13.2 Å². The number of fused-ring (bicyclic) bond motifs is 1. The minimum Gasteiger partial charge on any atom is -0.338 e. The molecular weight excluding hydrogens is 380 g/mol. The third kappa shape index (κ3) is 3.95. The van der Waals surface area contributed by atoms with Gasteiger partial charge < -0.3 is 4.90 Å². The van der Waals surface area contributed by atoms with E-state index in [1.165, 1.54) is 10.4 Å². The molecule has 4 rings (SSSR count). The molecule has 2 aromatic rings. The molecule has 2 aliphatic rings. The molecule has 1 aromatic heterocycles. The van der Waals surface area contributed by atoms with Gasteiger partial charge in [0.05, 0.1) is 4.90 Å². The molecule has 2 aliphatic heterocycles. The number of nitrogens with zero attached hydrogens (tertiary/aromatic N) is 2. The highest BCUT2D eigenvalue weighted by Crippen LogP contribution is 2.25. The van der Waals surface area contributed by atoms with Crippen LogP contribution < -0.4 is 0 Å². The normalized spacial score (nSPS) is 17.9. The predicted octanol–water partition coefficient (Wildman–Crippen LogP) is 3.05. The zero-order valence-corrected chi connectivity index (χ0v) is 16.9. The summed E-state index contributed by atoms with van der Waals surface area (Å²) >= 11 is 1.77. The first kappa shape index (κ1) is 18.7. The van der Waals surface area contributed by atoms with Crippen LogP contribution in [0.3, 0.4) is 0 Å². The van der Waals surface area contributed by atoms with Crippen LogP contribution in [0.5, 0.6) is 0 Å². The van der Waals surface area contributed by atoms with E-state index in [9.17, 15) is 13.2 Å². The summed E-state index contributed by atoms with van der Waals surface area (Å²) in [6.07, 6.45) is 3.90. The van der Waals surface area contributed by atoms with E-state index < -0.39 is 10.0 Å². The van der Waals surface area contributed by atoms with Crippen LogP contribution in [0.4, 0.5) is 0 Å². The van der Waals surface area contributed by atoms with Gasteiger partial charge >= 0.3 is 0 Å². The number of hydrogen-bond acceptors (Lipinski definition) is 4. The quantitative estimate of drug-likeness (QED) is 0.770. The summed E-state index contributed by atoms with van der Waals surface area (Å²) in [6.45, 7) is 2.73. The second kappa shape index (κ2) is 7.73. The minimum atomic E-state index is -3.37. The lowest BCUT2D eigenvalue weighted by Crippen LogP contribution is -2.35. The van der Waals surface area contributed by atoms with E-state index in [4.69, 9.17) is 0 Å². The fourth-order valence-electron chi connectivity index (χ4n) is 3.78. The Morgan fingerprint density at radius 1 is 1.04 bits per heavy atom. The van der Waals surface area contributed by atoms with Gasteiger partial charge in [0.1, 0.15) is 0 Å². The summed E-state index contributed by atoms with van der Waals surface area (Å²) in [5.74, 6) is 0.167. The Balaban J connectivity index is 1.34. The molecule has 0 bridgehead atoms. The molecule has 1 fully saturated rings. The number of aryl methyl sites for hydroxylation is 1. The Morgan fingerprint density at radius 2 is 1.78 bits per heavy atom. The summed E-state index contributed by atoms with van der Waals surface area (Å²) in [7, 11) is -3.37. The van der Waals surface area contributed by atoms with Crippen LogP contribution in [0.15, 0.2) is 40.6 Å². The number of hydrogen-bond donors (Lipinski definition) is 0. The standard InChI is InChI=1S/C20H24N2O3S2/c23-20(21-13-9-19-17(15-21)10-14-26-19)8-5-16-3-6-18(7-4-16)27(24,25)22-11-1-2-12-22/h3-4,6-7,10,14H,1-2,5,8-9,11-13,15H2. The van der Waals surface area contributed by atoms with Crippen LogP contribution in [0.2, 0.25) is 0 Å². The van der Waals surface area contributed by atoms with Gasteiger partial charge in [-0.1, -0.05) is 12.1 Å². The van der Waals surface area contributed by atoms with Crippen LogP contribution in [-0.4, -0.2) is 43.2 Å². The highest BCUT2D eigenvalue weighted by atomic mass is 32.2.